The fourth-order valence-electron chi connectivity index (χ4n) is 1.85. The quantitative estimate of drug-likeness (QED) is 0.836. The molecule has 1 aromatic heterocycles. The minimum Gasteiger partial charge on any atom is -0.389 e. The molecule has 0 unspecified atom stereocenters. The molecule has 1 heterocycles. The first kappa shape index (κ1) is 13.4. The third-order valence-corrected chi connectivity index (χ3v) is 3.02. The molecule has 0 atom stereocenters. The van der Waals surface area contributed by atoms with E-state index in [-0.39, 0.29) is 0 Å². The van der Waals surface area contributed by atoms with Crippen molar-refractivity contribution in [1.29, 1.82) is 0 Å². The fourth-order valence-corrected chi connectivity index (χ4v) is 2.08. The lowest BCUT2D eigenvalue weighted by atomic mass is 10.1. The van der Waals surface area contributed by atoms with Crippen LogP contribution < -0.4 is 11.1 Å². The van der Waals surface area contributed by atoms with Gasteiger partial charge in [0.05, 0.1) is 12.2 Å². The van der Waals surface area contributed by atoms with Crippen molar-refractivity contribution < 1.29 is 0 Å². The summed E-state index contributed by atoms with van der Waals surface area (Å²) in [6.07, 6.45) is 1.76. The second kappa shape index (κ2) is 5.75. The van der Waals surface area contributed by atoms with Gasteiger partial charge in [0.1, 0.15) is 10.8 Å². The van der Waals surface area contributed by atoms with E-state index in [1.54, 1.807) is 6.20 Å². The monoisotopic (exact) mass is 272 g/mol. The lowest BCUT2D eigenvalue weighted by molar-refractivity contribution is 0.955. The van der Waals surface area contributed by atoms with Crippen molar-refractivity contribution in [1.82, 2.24) is 9.97 Å². The molecule has 1 aromatic carbocycles. The van der Waals surface area contributed by atoms with Gasteiger partial charge in [-0.2, -0.15) is 0 Å². The second-order valence-electron chi connectivity index (χ2n) is 4.34. The molecule has 0 radical (unpaired) electrons. The maximum Gasteiger partial charge on any atom is 0.125 e. The van der Waals surface area contributed by atoms with Gasteiger partial charge in [-0.1, -0.05) is 12.2 Å². The zero-order chi connectivity index (χ0) is 13.8. The number of thiocarbonyl (C=S) groups is 1. The molecule has 0 aliphatic heterocycles. The highest BCUT2D eigenvalue weighted by molar-refractivity contribution is 7.80. The number of hydrogen-bond donors (Lipinski definition) is 2. The van der Waals surface area contributed by atoms with E-state index in [0.717, 1.165) is 28.3 Å². The summed E-state index contributed by atoms with van der Waals surface area (Å²) in [6, 6.07) is 7.83. The normalized spacial score (nSPS) is 10.2. The molecule has 4 nitrogen and oxygen atoms in total. The molecule has 0 saturated heterocycles. The minimum absolute atomic E-state index is 0.426. The number of aromatic nitrogens is 2. The van der Waals surface area contributed by atoms with Crippen LogP contribution in [-0.2, 0) is 6.54 Å². The van der Waals surface area contributed by atoms with E-state index in [9.17, 15) is 0 Å². The predicted molar refractivity (Wildman–Crippen MR) is 81.2 cm³/mol. The summed E-state index contributed by atoms with van der Waals surface area (Å²) in [5.41, 5.74) is 9.61. The molecule has 0 amide bonds. The van der Waals surface area contributed by atoms with Gasteiger partial charge >= 0.3 is 0 Å². The number of nitrogens with one attached hydrogen (secondary N) is 1. The lowest BCUT2D eigenvalue weighted by Gasteiger charge is -2.09. The zero-order valence-electron chi connectivity index (χ0n) is 11.0. The number of rotatable bonds is 4. The van der Waals surface area contributed by atoms with E-state index < -0.39 is 0 Å². The van der Waals surface area contributed by atoms with E-state index in [1.165, 1.54) is 0 Å². The summed E-state index contributed by atoms with van der Waals surface area (Å²) in [6.45, 7) is 4.54. The van der Waals surface area contributed by atoms with Crippen LogP contribution in [0.1, 0.15) is 22.6 Å². The zero-order valence-corrected chi connectivity index (χ0v) is 11.8. The molecular formula is C14H16N4S. The molecule has 0 saturated carbocycles. The summed E-state index contributed by atoms with van der Waals surface area (Å²) >= 11 is 4.99. The van der Waals surface area contributed by atoms with Gasteiger partial charge in [0.25, 0.3) is 0 Å². The number of hydrogen-bond acceptors (Lipinski definition) is 4. The van der Waals surface area contributed by atoms with Crippen molar-refractivity contribution in [2.75, 3.05) is 5.32 Å². The largest absolute Gasteiger partial charge is 0.389 e. The Morgan fingerprint density at radius 1 is 1.32 bits per heavy atom. The molecule has 98 valence electrons. The average molecular weight is 272 g/mol. The summed E-state index contributed by atoms with van der Waals surface area (Å²) in [4.78, 5) is 8.84. The lowest BCUT2D eigenvalue weighted by Crippen LogP contribution is -2.11. The van der Waals surface area contributed by atoms with Crippen LogP contribution in [0.3, 0.4) is 0 Å². The topological polar surface area (TPSA) is 63.8 Å². The van der Waals surface area contributed by atoms with Gasteiger partial charge in [0, 0.05) is 17.4 Å². The van der Waals surface area contributed by atoms with E-state index >= 15 is 0 Å². The Labute approximate surface area is 118 Å². The van der Waals surface area contributed by atoms with Crippen molar-refractivity contribution in [2.45, 2.75) is 20.4 Å². The van der Waals surface area contributed by atoms with Crippen LogP contribution in [0.15, 0.2) is 30.5 Å². The van der Waals surface area contributed by atoms with Gasteiger partial charge in [0.15, 0.2) is 0 Å². The Kier molecular flexibility index (Phi) is 4.06. The third-order valence-electron chi connectivity index (χ3n) is 2.80. The fraction of sp³-hybridized carbons (Fsp3) is 0.214. The van der Waals surface area contributed by atoms with Crippen LogP contribution in [-0.4, -0.2) is 15.0 Å². The molecule has 2 aromatic rings. The second-order valence-corrected chi connectivity index (χ2v) is 4.78. The Morgan fingerprint density at radius 2 is 2.11 bits per heavy atom. The van der Waals surface area contributed by atoms with Gasteiger partial charge in [-0.15, -0.1) is 0 Å². The van der Waals surface area contributed by atoms with E-state index in [2.05, 4.69) is 15.3 Å². The van der Waals surface area contributed by atoms with E-state index in [0.29, 0.717) is 11.5 Å². The number of benzene rings is 1. The van der Waals surface area contributed by atoms with Crippen LogP contribution in [0.4, 0.5) is 5.69 Å². The maximum atomic E-state index is 5.64. The predicted octanol–water partition coefficient (Wildman–Crippen LogP) is 2.34. The van der Waals surface area contributed by atoms with Gasteiger partial charge in [-0.05, 0) is 43.7 Å². The van der Waals surface area contributed by atoms with Crippen molar-refractivity contribution in [3.63, 3.8) is 0 Å². The van der Waals surface area contributed by atoms with Gasteiger partial charge in [-0.25, -0.2) is 9.97 Å². The van der Waals surface area contributed by atoms with Crippen LogP contribution in [0.2, 0.25) is 0 Å². The highest BCUT2D eigenvalue weighted by atomic mass is 32.1. The summed E-state index contributed by atoms with van der Waals surface area (Å²) in [5, 5.41) is 3.32. The molecule has 0 bridgehead atoms. The van der Waals surface area contributed by atoms with Crippen molar-refractivity contribution in [3.05, 3.63) is 53.1 Å². The Bertz CT molecular complexity index is 610. The molecule has 0 aliphatic carbocycles. The van der Waals surface area contributed by atoms with E-state index in [1.807, 2.05) is 38.1 Å². The third kappa shape index (κ3) is 3.48. The van der Waals surface area contributed by atoms with E-state index in [4.69, 9.17) is 18.0 Å². The summed E-state index contributed by atoms with van der Waals surface area (Å²) in [7, 11) is 0. The molecule has 2 rings (SSSR count). The molecule has 3 N–H and O–H groups in total. The first-order chi connectivity index (χ1) is 9.06. The number of aryl methyl sites for hydroxylation is 2. The summed E-state index contributed by atoms with van der Waals surface area (Å²) < 4.78 is 0. The molecule has 0 aliphatic rings. The Balaban J connectivity index is 2.08. The number of nitrogens with two attached hydrogens (primary N) is 1. The highest BCUT2D eigenvalue weighted by Gasteiger charge is 2.03. The smallest absolute Gasteiger partial charge is 0.125 e. The van der Waals surface area contributed by atoms with Crippen molar-refractivity contribution >= 4 is 22.9 Å². The number of nitrogens with zero attached hydrogens (tertiary/aromatic N) is 2. The molecule has 0 spiro atoms. The molecular weight excluding hydrogens is 256 g/mol. The summed E-state index contributed by atoms with van der Waals surface area (Å²) in [5.74, 6) is 0.777. The molecule has 0 fully saturated rings. The molecule has 19 heavy (non-hydrogen) atoms. The van der Waals surface area contributed by atoms with Crippen LogP contribution >= 0.6 is 12.2 Å². The van der Waals surface area contributed by atoms with Gasteiger partial charge < -0.3 is 11.1 Å². The highest BCUT2D eigenvalue weighted by Crippen LogP contribution is 2.15. The SMILES string of the molecule is Cc1nccc(CNc2ccc(C(N)=S)c(C)c2)n1. The van der Waals surface area contributed by atoms with Crippen molar-refractivity contribution in [2.24, 2.45) is 5.73 Å². The minimum atomic E-state index is 0.426. The standard InChI is InChI=1S/C14H16N4S/c1-9-7-11(3-4-13(9)14(15)19)17-8-12-5-6-16-10(2)18-12/h3-7,17H,8H2,1-2H3,(H2,15,19). The average Bonchev–Trinajstić information content (AvgIpc) is 2.36. The maximum absolute atomic E-state index is 5.64. The van der Waals surface area contributed by atoms with Crippen LogP contribution in [0, 0.1) is 13.8 Å². The Hall–Kier alpha value is -2.01. The van der Waals surface area contributed by atoms with Crippen LogP contribution in [0.25, 0.3) is 0 Å². The van der Waals surface area contributed by atoms with Gasteiger partial charge in [-0.3, -0.25) is 0 Å². The van der Waals surface area contributed by atoms with Gasteiger partial charge in [0.2, 0.25) is 0 Å². The van der Waals surface area contributed by atoms with Crippen LogP contribution in [0.5, 0.6) is 0 Å². The first-order valence-electron chi connectivity index (χ1n) is 5.99. The van der Waals surface area contributed by atoms with Crippen molar-refractivity contribution in [3.8, 4) is 0 Å². The Morgan fingerprint density at radius 3 is 2.74 bits per heavy atom. The molecule has 5 heteroatoms. The number of anilines is 1. The first-order valence-corrected chi connectivity index (χ1v) is 6.40.